The van der Waals surface area contributed by atoms with Gasteiger partial charge >= 0.3 is 0 Å². The summed E-state index contributed by atoms with van der Waals surface area (Å²) in [5.41, 5.74) is 9.09. The topological polar surface area (TPSA) is 20.2 Å². The van der Waals surface area contributed by atoms with E-state index in [9.17, 15) is 5.11 Å². The van der Waals surface area contributed by atoms with Gasteiger partial charge in [-0.15, -0.1) is 6.58 Å². The van der Waals surface area contributed by atoms with Gasteiger partial charge in [0.15, 0.2) is 6.71 Å². The van der Waals surface area contributed by atoms with E-state index < -0.39 is 11.0 Å². The number of rotatable bonds is 11. The third-order valence-corrected chi connectivity index (χ3v) is 16.6. The Bertz CT molecular complexity index is 1730. The van der Waals surface area contributed by atoms with E-state index in [1.54, 1.807) is 0 Å². The molecule has 52 heavy (non-hydrogen) atoms. The SMILES string of the molecule is C=C(C)CC1C(=C)C2(C)B([C@H](CC(=C)c3ccccc3)C3(O)C[C@H](CC(=C)[C@H](C)C(C)c4ccccc4)C(C)=C1C3(C)C)[C@]1(CC)CCC1CC2C. The van der Waals surface area contributed by atoms with Gasteiger partial charge in [-0.3, -0.25) is 0 Å². The Kier molecular flexibility index (Phi) is 10.5. The quantitative estimate of drug-likeness (QED) is 0.183. The molecule has 10 atom stereocenters. The van der Waals surface area contributed by atoms with Crippen LogP contribution in [-0.4, -0.2) is 17.4 Å². The number of hydrogen-bond donors (Lipinski definition) is 1. The van der Waals surface area contributed by atoms with Crippen LogP contribution in [0.5, 0.6) is 0 Å². The van der Waals surface area contributed by atoms with Gasteiger partial charge in [0, 0.05) is 11.3 Å². The van der Waals surface area contributed by atoms with Crippen molar-refractivity contribution < 1.29 is 5.11 Å². The highest BCUT2D eigenvalue weighted by Crippen LogP contribution is 2.78. The van der Waals surface area contributed by atoms with Crippen LogP contribution in [0.3, 0.4) is 0 Å². The zero-order chi connectivity index (χ0) is 38.0. The van der Waals surface area contributed by atoms with E-state index in [2.05, 4.69) is 130 Å². The standard InChI is InChI=1S/C50H69BO/c1-14-49-26-25-43(49)30-35(6)48(13)39(10)44(27-32(2)3)46-38(9)42(28-33(4)36(7)37(8)41-23-19-16-20-24-41)31-50(52,47(46,11)12)45(51(48)49)29-34(5)40-21-17-15-18-22-40/h15-24,35-37,42-45,52H,2,4-5,10,14,25-31H2,1,3,6-9,11-13H3/t35?,36-,37?,42-,43?,44?,45+,48?,49+,50?/m0/s1. The van der Waals surface area contributed by atoms with Gasteiger partial charge in [0.25, 0.3) is 0 Å². The second kappa shape index (κ2) is 14.1. The summed E-state index contributed by atoms with van der Waals surface area (Å²) in [5, 5.41) is 14.3. The molecule has 2 saturated heterocycles. The number of hydrogen-bond acceptors (Lipinski definition) is 1. The average Bonchev–Trinajstić information content (AvgIpc) is 3.11. The molecule has 0 aromatic heterocycles. The minimum absolute atomic E-state index is 0.0350. The van der Waals surface area contributed by atoms with Crippen LogP contribution < -0.4 is 0 Å². The van der Waals surface area contributed by atoms with Gasteiger partial charge in [-0.2, -0.15) is 0 Å². The molecule has 2 heteroatoms. The van der Waals surface area contributed by atoms with Crippen molar-refractivity contribution in [2.45, 2.75) is 142 Å². The van der Waals surface area contributed by atoms with Crippen molar-refractivity contribution in [2.24, 2.45) is 35.0 Å². The van der Waals surface area contributed by atoms with Gasteiger partial charge in [0.2, 0.25) is 0 Å². The Labute approximate surface area is 319 Å². The lowest BCUT2D eigenvalue weighted by Crippen LogP contribution is -2.68. The van der Waals surface area contributed by atoms with E-state index in [1.807, 2.05) is 0 Å². The first-order valence-corrected chi connectivity index (χ1v) is 20.7. The van der Waals surface area contributed by atoms with E-state index in [0.717, 1.165) is 37.7 Å². The number of allylic oxidation sites excluding steroid dienone is 5. The van der Waals surface area contributed by atoms with Crippen LogP contribution in [0.15, 0.2) is 115 Å². The third-order valence-electron chi connectivity index (χ3n) is 16.6. The molecule has 0 radical (unpaired) electrons. The zero-order valence-electron chi connectivity index (χ0n) is 34.3. The molecule has 0 spiro atoms. The van der Waals surface area contributed by atoms with Crippen molar-refractivity contribution in [1.82, 2.24) is 0 Å². The summed E-state index contributed by atoms with van der Waals surface area (Å²) in [6.45, 7) is 41.3. The molecule has 2 bridgehead atoms. The first kappa shape index (κ1) is 38.9. The van der Waals surface area contributed by atoms with E-state index >= 15 is 0 Å². The summed E-state index contributed by atoms with van der Waals surface area (Å²) in [6.07, 6.45) is 8.31. The fraction of sp³-hybridized carbons (Fsp3) is 0.560. The highest BCUT2D eigenvalue weighted by Gasteiger charge is 2.72. The molecule has 4 aliphatic rings. The predicted molar refractivity (Wildman–Crippen MR) is 227 cm³/mol. The summed E-state index contributed by atoms with van der Waals surface area (Å²) in [4.78, 5) is 0. The van der Waals surface area contributed by atoms with Crippen LogP contribution in [-0.2, 0) is 0 Å². The highest BCUT2D eigenvalue weighted by atomic mass is 16.3. The number of fused-ring (bicyclic) bond motifs is 5. The lowest BCUT2D eigenvalue weighted by molar-refractivity contribution is -0.0885. The summed E-state index contributed by atoms with van der Waals surface area (Å²) in [5.74, 6) is 2.27. The van der Waals surface area contributed by atoms with Crippen LogP contribution in [0.1, 0.15) is 131 Å². The molecular weight excluding hydrogens is 627 g/mol. The summed E-state index contributed by atoms with van der Waals surface area (Å²) in [6, 6.07) is 21.7. The van der Waals surface area contributed by atoms with Crippen molar-refractivity contribution in [2.75, 3.05) is 0 Å². The lowest BCUT2D eigenvalue weighted by atomic mass is 9.05. The van der Waals surface area contributed by atoms with Crippen molar-refractivity contribution in [1.29, 1.82) is 0 Å². The van der Waals surface area contributed by atoms with Gasteiger partial charge in [0.1, 0.15) is 0 Å². The molecule has 2 aromatic rings. The van der Waals surface area contributed by atoms with Crippen LogP contribution in [0.2, 0.25) is 16.4 Å². The molecule has 1 N–H and O–H groups in total. The van der Waals surface area contributed by atoms with Gasteiger partial charge in [0.05, 0.1) is 5.60 Å². The first-order chi connectivity index (χ1) is 24.5. The van der Waals surface area contributed by atoms with E-state index in [-0.39, 0.29) is 28.3 Å². The molecule has 2 heterocycles. The van der Waals surface area contributed by atoms with Crippen LogP contribution in [0.4, 0.5) is 0 Å². The Balaban J connectivity index is 1.56. The van der Waals surface area contributed by atoms with E-state index in [0.29, 0.717) is 30.4 Å². The summed E-state index contributed by atoms with van der Waals surface area (Å²) >= 11 is 0. The van der Waals surface area contributed by atoms with Crippen LogP contribution in [0.25, 0.3) is 5.57 Å². The second-order valence-electron chi connectivity index (χ2n) is 19.1. The van der Waals surface area contributed by atoms with E-state index in [1.165, 1.54) is 58.3 Å². The maximum Gasteiger partial charge on any atom is 0.165 e. The molecule has 0 amide bonds. The maximum atomic E-state index is 14.3. The lowest BCUT2D eigenvalue weighted by Gasteiger charge is -2.71. The van der Waals surface area contributed by atoms with Crippen molar-refractivity contribution in [3.05, 3.63) is 126 Å². The Morgan fingerprint density at radius 2 is 1.56 bits per heavy atom. The van der Waals surface area contributed by atoms with Crippen LogP contribution in [0, 0.1) is 35.0 Å². The first-order valence-electron chi connectivity index (χ1n) is 20.7. The van der Waals surface area contributed by atoms with E-state index in [4.69, 9.17) is 19.7 Å². The van der Waals surface area contributed by atoms with Gasteiger partial charge in [-0.05, 0) is 109 Å². The van der Waals surface area contributed by atoms with Gasteiger partial charge in [-0.1, -0.05) is 176 Å². The van der Waals surface area contributed by atoms with Crippen molar-refractivity contribution in [3.8, 4) is 0 Å². The minimum atomic E-state index is -0.946. The fourth-order valence-electron chi connectivity index (χ4n) is 13.0. The molecule has 2 aliphatic heterocycles. The fourth-order valence-corrected chi connectivity index (χ4v) is 13.0. The summed E-state index contributed by atoms with van der Waals surface area (Å²) < 4.78 is 0. The Morgan fingerprint density at radius 3 is 2.12 bits per heavy atom. The molecule has 6 rings (SSSR count). The molecule has 2 aromatic carbocycles. The number of aliphatic hydroxyl groups is 1. The Hall–Kier alpha value is -2.84. The molecule has 1 saturated carbocycles. The largest absolute Gasteiger partial charge is 0.389 e. The van der Waals surface area contributed by atoms with Crippen molar-refractivity contribution in [3.63, 3.8) is 0 Å². The normalized spacial score (nSPS) is 34.9. The third kappa shape index (κ3) is 5.93. The number of benzene rings is 2. The van der Waals surface area contributed by atoms with Gasteiger partial charge in [-0.25, -0.2) is 0 Å². The molecular formula is C50H69BO. The van der Waals surface area contributed by atoms with Gasteiger partial charge < -0.3 is 5.11 Å². The molecule has 6 unspecified atom stereocenters. The highest BCUT2D eigenvalue weighted by molar-refractivity contribution is 6.69. The molecule has 1 nitrogen and oxygen atoms in total. The molecule has 2 aliphatic carbocycles. The van der Waals surface area contributed by atoms with Crippen molar-refractivity contribution >= 4 is 12.3 Å². The monoisotopic (exact) mass is 697 g/mol. The zero-order valence-corrected chi connectivity index (χ0v) is 34.3. The molecule has 3 fully saturated rings. The maximum absolute atomic E-state index is 14.3. The average molecular weight is 697 g/mol. The molecule has 278 valence electrons. The predicted octanol–water partition coefficient (Wildman–Crippen LogP) is 13.9. The summed E-state index contributed by atoms with van der Waals surface area (Å²) in [7, 11) is 0. The Morgan fingerprint density at radius 1 is 0.942 bits per heavy atom. The smallest absolute Gasteiger partial charge is 0.165 e. The minimum Gasteiger partial charge on any atom is -0.389 e. The van der Waals surface area contributed by atoms with Crippen LogP contribution >= 0.6 is 0 Å². The second-order valence-corrected chi connectivity index (χ2v) is 19.1.